The molecule has 2 aliphatic heterocycles. The number of aliphatic hydroxyl groups is 1. The van der Waals surface area contributed by atoms with Crippen LogP contribution in [0, 0.1) is 16.7 Å². The number of methoxy groups -OCH3 is 1. The smallest absolute Gasteiger partial charge is 0.115 e. The van der Waals surface area contributed by atoms with Crippen LogP contribution in [0.2, 0.25) is 0 Å². The lowest BCUT2D eigenvalue weighted by atomic mass is 9.59. The Hall–Kier alpha value is -0.630. The summed E-state index contributed by atoms with van der Waals surface area (Å²) in [5.41, 5.74) is -1.63. The Morgan fingerprint density at radius 1 is 1.33 bits per heavy atom. The number of nitrogens with zero attached hydrogens (tertiary/aromatic N) is 1. The Morgan fingerprint density at radius 2 is 2.17 bits per heavy atom. The molecule has 1 N–H and O–H groups in total. The first kappa shape index (κ1) is 12.4. The molecule has 4 heteroatoms. The standard InChI is InChI=1S/C14H21NO3/c1-17-10-3-2-6-14(16,8-10)13(9-15)7-11-4-5-12(13)18-11/h10-12,16H,2-8H2,1H3. The summed E-state index contributed by atoms with van der Waals surface area (Å²) in [7, 11) is 1.69. The lowest BCUT2D eigenvalue weighted by molar-refractivity contribution is -0.136. The molecule has 0 amide bonds. The highest BCUT2D eigenvalue weighted by molar-refractivity contribution is 5.21. The summed E-state index contributed by atoms with van der Waals surface area (Å²) in [6, 6.07) is 2.43. The van der Waals surface area contributed by atoms with Crippen LogP contribution in [-0.4, -0.2) is 36.1 Å². The predicted molar refractivity (Wildman–Crippen MR) is 64.8 cm³/mol. The molecule has 1 aliphatic carbocycles. The van der Waals surface area contributed by atoms with Crippen molar-refractivity contribution in [3.63, 3.8) is 0 Å². The van der Waals surface area contributed by atoms with E-state index in [9.17, 15) is 10.4 Å². The number of nitriles is 1. The Morgan fingerprint density at radius 3 is 2.72 bits per heavy atom. The van der Waals surface area contributed by atoms with Gasteiger partial charge in [-0.2, -0.15) is 5.26 Å². The molecule has 5 unspecified atom stereocenters. The molecule has 0 spiro atoms. The molecule has 1 saturated carbocycles. The average Bonchev–Trinajstić information content (AvgIpc) is 2.99. The average molecular weight is 251 g/mol. The highest BCUT2D eigenvalue weighted by Crippen LogP contribution is 2.57. The molecule has 18 heavy (non-hydrogen) atoms. The summed E-state index contributed by atoms with van der Waals surface area (Å²) in [4.78, 5) is 0. The third kappa shape index (κ3) is 1.54. The normalized spacial score (nSPS) is 51.3. The van der Waals surface area contributed by atoms with Crippen LogP contribution < -0.4 is 0 Å². The molecule has 3 fully saturated rings. The van der Waals surface area contributed by atoms with E-state index in [1.54, 1.807) is 7.11 Å². The van der Waals surface area contributed by atoms with Crippen LogP contribution >= 0.6 is 0 Å². The summed E-state index contributed by atoms with van der Waals surface area (Å²) in [5, 5.41) is 20.7. The van der Waals surface area contributed by atoms with Crippen molar-refractivity contribution in [3.8, 4) is 6.07 Å². The largest absolute Gasteiger partial charge is 0.388 e. The summed E-state index contributed by atoms with van der Waals surface area (Å²) >= 11 is 0. The minimum absolute atomic E-state index is 0.0758. The fourth-order valence-corrected chi connectivity index (χ4v) is 4.23. The molecule has 0 aromatic rings. The van der Waals surface area contributed by atoms with Crippen LogP contribution in [0.4, 0.5) is 0 Å². The molecule has 2 heterocycles. The summed E-state index contributed by atoms with van der Waals surface area (Å²) < 4.78 is 11.2. The van der Waals surface area contributed by atoms with E-state index in [4.69, 9.17) is 9.47 Å². The number of ether oxygens (including phenoxy) is 2. The van der Waals surface area contributed by atoms with Crippen LogP contribution in [0.25, 0.3) is 0 Å². The first-order chi connectivity index (χ1) is 8.63. The third-order valence-electron chi connectivity index (χ3n) is 5.25. The maximum atomic E-state index is 11.1. The van der Waals surface area contributed by atoms with Crippen molar-refractivity contribution in [3.05, 3.63) is 0 Å². The van der Waals surface area contributed by atoms with Crippen LogP contribution in [0.1, 0.15) is 44.9 Å². The van der Waals surface area contributed by atoms with Crippen molar-refractivity contribution in [1.82, 2.24) is 0 Å². The molecular weight excluding hydrogens is 230 g/mol. The van der Waals surface area contributed by atoms with Gasteiger partial charge in [-0.15, -0.1) is 0 Å². The van der Waals surface area contributed by atoms with Crippen LogP contribution in [0.5, 0.6) is 0 Å². The molecule has 3 rings (SSSR count). The summed E-state index contributed by atoms with van der Waals surface area (Å²) in [6.45, 7) is 0. The van der Waals surface area contributed by atoms with E-state index in [2.05, 4.69) is 6.07 Å². The van der Waals surface area contributed by atoms with E-state index in [0.717, 1.165) is 25.7 Å². The van der Waals surface area contributed by atoms with Crippen LogP contribution in [-0.2, 0) is 9.47 Å². The van der Waals surface area contributed by atoms with Crippen molar-refractivity contribution < 1.29 is 14.6 Å². The maximum absolute atomic E-state index is 11.1. The zero-order chi connectivity index (χ0) is 12.8. The molecule has 0 radical (unpaired) electrons. The van der Waals surface area contributed by atoms with Gasteiger partial charge in [0.1, 0.15) is 5.41 Å². The lowest BCUT2D eigenvalue weighted by Gasteiger charge is -2.47. The van der Waals surface area contributed by atoms with Crippen molar-refractivity contribution in [2.75, 3.05) is 7.11 Å². The topological polar surface area (TPSA) is 62.5 Å². The fourth-order valence-electron chi connectivity index (χ4n) is 4.23. The second kappa shape index (κ2) is 4.19. The van der Waals surface area contributed by atoms with E-state index < -0.39 is 11.0 Å². The van der Waals surface area contributed by atoms with Gasteiger partial charge in [-0.1, -0.05) is 0 Å². The van der Waals surface area contributed by atoms with Gasteiger partial charge in [-0.25, -0.2) is 0 Å². The second-order valence-corrected chi connectivity index (χ2v) is 6.10. The van der Waals surface area contributed by atoms with Gasteiger partial charge in [0, 0.05) is 13.5 Å². The molecule has 5 atom stereocenters. The number of rotatable bonds is 2. The predicted octanol–water partition coefficient (Wildman–Crippen LogP) is 1.77. The van der Waals surface area contributed by atoms with Gasteiger partial charge in [0.15, 0.2) is 0 Å². The SMILES string of the molecule is COC1CCCC(O)(C2(C#N)CC3CCC2O3)C1. The van der Waals surface area contributed by atoms with Crippen molar-refractivity contribution in [1.29, 1.82) is 5.26 Å². The molecule has 0 aromatic carbocycles. The second-order valence-electron chi connectivity index (χ2n) is 6.10. The van der Waals surface area contributed by atoms with E-state index in [-0.39, 0.29) is 18.3 Å². The monoisotopic (exact) mass is 251 g/mol. The summed E-state index contributed by atoms with van der Waals surface area (Å²) in [5.74, 6) is 0. The number of fused-ring (bicyclic) bond motifs is 2. The first-order valence-electron chi connectivity index (χ1n) is 6.95. The molecule has 3 aliphatic rings. The minimum atomic E-state index is -0.930. The van der Waals surface area contributed by atoms with E-state index in [1.165, 1.54) is 0 Å². The number of hydrogen-bond donors (Lipinski definition) is 1. The first-order valence-corrected chi connectivity index (χ1v) is 6.95. The van der Waals surface area contributed by atoms with Gasteiger partial charge < -0.3 is 14.6 Å². The van der Waals surface area contributed by atoms with Gasteiger partial charge in [-0.05, 0) is 38.5 Å². The molecule has 2 bridgehead atoms. The molecule has 2 saturated heterocycles. The zero-order valence-corrected chi connectivity index (χ0v) is 10.9. The quantitative estimate of drug-likeness (QED) is 0.812. The van der Waals surface area contributed by atoms with Crippen molar-refractivity contribution >= 4 is 0 Å². The van der Waals surface area contributed by atoms with E-state index >= 15 is 0 Å². The molecule has 4 nitrogen and oxygen atoms in total. The highest BCUT2D eigenvalue weighted by Gasteiger charge is 2.64. The van der Waals surface area contributed by atoms with Crippen LogP contribution in [0.15, 0.2) is 0 Å². The molecule has 100 valence electrons. The number of hydrogen-bond acceptors (Lipinski definition) is 4. The Kier molecular flexibility index (Phi) is 2.89. The fraction of sp³-hybridized carbons (Fsp3) is 0.929. The van der Waals surface area contributed by atoms with Crippen LogP contribution in [0.3, 0.4) is 0 Å². The Labute approximate surface area is 108 Å². The Bertz CT molecular complexity index is 380. The van der Waals surface area contributed by atoms with Gasteiger partial charge in [0.05, 0.1) is 30.0 Å². The third-order valence-corrected chi connectivity index (χ3v) is 5.25. The van der Waals surface area contributed by atoms with Gasteiger partial charge >= 0.3 is 0 Å². The van der Waals surface area contributed by atoms with Crippen molar-refractivity contribution in [2.24, 2.45) is 5.41 Å². The van der Waals surface area contributed by atoms with Gasteiger partial charge in [-0.3, -0.25) is 0 Å². The van der Waals surface area contributed by atoms with Gasteiger partial charge in [0.2, 0.25) is 0 Å². The van der Waals surface area contributed by atoms with Gasteiger partial charge in [0.25, 0.3) is 0 Å². The Balaban J connectivity index is 1.89. The minimum Gasteiger partial charge on any atom is -0.388 e. The van der Waals surface area contributed by atoms with E-state index in [0.29, 0.717) is 19.3 Å². The summed E-state index contributed by atoms with van der Waals surface area (Å²) in [6.07, 6.45) is 6.02. The van der Waals surface area contributed by atoms with Crippen molar-refractivity contribution in [2.45, 2.75) is 68.9 Å². The molecule has 0 aromatic heterocycles. The lowest BCUT2D eigenvalue weighted by Crippen LogP contribution is -2.56. The van der Waals surface area contributed by atoms with E-state index in [1.807, 2.05) is 0 Å². The zero-order valence-electron chi connectivity index (χ0n) is 10.9. The maximum Gasteiger partial charge on any atom is 0.115 e. The molecular formula is C14H21NO3. The highest BCUT2D eigenvalue weighted by atomic mass is 16.5.